The number of nitrogens with zero attached hydrogens (tertiary/aromatic N) is 1. The number of nitrogens with one attached hydrogen (secondary N) is 1. The molecule has 0 spiro atoms. The Kier molecular flexibility index (Phi) is 6.56. The van der Waals surface area contributed by atoms with Crippen LogP contribution in [0.1, 0.15) is 18.1 Å². The standard InChI is InChI=1S/C19H23FN2O4S/c1-13-12-19(14(2)11-18(13)26-4)27(24,25)21-9-10-22(15(3)23)17-8-6-5-7-16(17)20/h5-8,11-12,21H,9-10H2,1-4H3. The number of carbonyl (C=O) groups is 1. The third-order valence-corrected chi connectivity index (χ3v) is 5.74. The number of carbonyl (C=O) groups excluding carboxylic acids is 1. The van der Waals surface area contributed by atoms with Crippen LogP contribution in [0.3, 0.4) is 0 Å². The number of halogens is 1. The highest BCUT2D eigenvalue weighted by atomic mass is 32.2. The first-order valence-electron chi connectivity index (χ1n) is 8.35. The molecule has 0 saturated carbocycles. The van der Waals surface area contributed by atoms with Crippen molar-refractivity contribution in [1.82, 2.24) is 4.72 Å². The van der Waals surface area contributed by atoms with E-state index in [4.69, 9.17) is 4.74 Å². The molecule has 0 radical (unpaired) electrons. The van der Waals surface area contributed by atoms with Crippen LogP contribution in [0.25, 0.3) is 0 Å². The number of aryl methyl sites for hydroxylation is 2. The molecule has 6 nitrogen and oxygen atoms in total. The minimum atomic E-state index is -3.79. The van der Waals surface area contributed by atoms with Crippen LogP contribution in [0.2, 0.25) is 0 Å². The summed E-state index contributed by atoms with van der Waals surface area (Å²) < 4.78 is 46.9. The molecule has 27 heavy (non-hydrogen) atoms. The summed E-state index contributed by atoms with van der Waals surface area (Å²) in [4.78, 5) is 13.2. The molecule has 1 amide bonds. The van der Waals surface area contributed by atoms with Gasteiger partial charge in [0.15, 0.2) is 0 Å². The van der Waals surface area contributed by atoms with E-state index in [9.17, 15) is 17.6 Å². The molecule has 0 fully saturated rings. The molecule has 0 atom stereocenters. The van der Waals surface area contributed by atoms with Crippen molar-refractivity contribution < 1.29 is 22.3 Å². The van der Waals surface area contributed by atoms with Gasteiger partial charge in [0.1, 0.15) is 11.6 Å². The Labute approximate surface area is 159 Å². The molecular weight excluding hydrogens is 371 g/mol. The number of rotatable bonds is 7. The molecule has 146 valence electrons. The maximum Gasteiger partial charge on any atom is 0.240 e. The number of benzene rings is 2. The molecule has 2 aromatic carbocycles. The lowest BCUT2D eigenvalue weighted by Crippen LogP contribution is -2.38. The van der Waals surface area contributed by atoms with Gasteiger partial charge in [-0.2, -0.15) is 0 Å². The average Bonchev–Trinajstić information content (AvgIpc) is 2.60. The number of methoxy groups -OCH3 is 1. The summed E-state index contributed by atoms with van der Waals surface area (Å²) >= 11 is 0. The molecule has 1 N–H and O–H groups in total. The van der Waals surface area contributed by atoms with Gasteiger partial charge in [-0.1, -0.05) is 12.1 Å². The molecule has 2 rings (SSSR count). The maximum absolute atomic E-state index is 14.0. The van der Waals surface area contributed by atoms with E-state index in [0.29, 0.717) is 16.9 Å². The summed E-state index contributed by atoms with van der Waals surface area (Å²) in [5.74, 6) is -0.318. The second-order valence-corrected chi connectivity index (χ2v) is 7.84. The Bertz CT molecular complexity index is 945. The third kappa shape index (κ3) is 4.84. The number of anilines is 1. The van der Waals surface area contributed by atoms with Crippen molar-refractivity contribution in [1.29, 1.82) is 0 Å². The normalized spacial score (nSPS) is 11.3. The Morgan fingerprint density at radius 2 is 1.85 bits per heavy atom. The molecule has 0 heterocycles. The van der Waals surface area contributed by atoms with Crippen LogP contribution in [0.4, 0.5) is 10.1 Å². The van der Waals surface area contributed by atoms with Gasteiger partial charge in [0, 0.05) is 20.0 Å². The van der Waals surface area contributed by atoms with E-state index < -0.39 is 15.8 Å². The van der Waals surface area contributed by atoms with Gasteiger partial charge in [0.25, 0.3) is 0 Å². The van der Waals surface area contributed by atoms with Gasteiger partial charge < -0.3 is 9.64 Å². The minimum absolute atomic E-state index is 0.00365. The Morgan fingerprint density at radius 3 is 2.44 bits per heavy atom. The fourth-order valence-corrected chi connectivity index (χ4v) is 4.09. The fourth-order valence-electron chi connectivity index (χ4n) is 2.76. The summed E-state index contributed by atoms with van der Waals surface area (Å²) in [5.41, 5.74) is 1.35. The van der Waals surface area contributed by atoms with Gasteiger partial charge in [-0.3, -0.25) is 4.79 Å². The highest BCUT2D eigenvalue weighted by Gasteiger charge is 2.20. The average molecular weight is 394 g/mol. The summed E-state index contributed by atoms with van der Waals surface area (Å²) in [6.45, 7) is 4.69. The second-order valence-electron chi connectivity index (χ2n) is 6.11. The summed E-state index contributed by atoms with van der Waals surface area (Å²) in [7, 11) is -2.27. The van der Waals surface area contributed by atoms with Crippen molar-refractivity contribution in [2.24, 2.45) is 0 Å². The van der Waals surface area contributed by atoms with Crippen LogP contribution < -0.4 is 14.4 Å². The molecule has 0 aliphatic rings. The van der Waals surface area contributed by atoms with Crippen molar-refractivity contribution in [2.75, 3.05) is 25.1 Å². The van der Waals surface area contributed by atoms with Crippen LogP contribution in [0, 0.1) is 19.7 Å². The maximum atomic E-state index is 14.0. The van der Waals surface area contributed by atoms with Crippen molar-refractivity contribution in [3.05, 3.63) is 53.3 Å². The largest absolute Gasteiger partial charge is 0.496 e. The topological polar surface area (TPSA) is 75.7 Å². The Morgan fingerprint density at radius 1 is 1.19 bits per heavy atom. The minimum Gasteiger partial charge on any atom is -0.496 e. The van der Waals surface area contributed by atoms with Crippen LogP contribution in [0.5, 0.6) is 5.75 Å². The van der Waals surface area contributed by atoms with Crippen molar-refractivity contribution in [3.8, 4) is 5.75 Å². The van der Waals surface area contributed by atoms with Crippen LogP contribution in [-0.4, -0.2) is 34.5 Å². The summed E-state index contributed by atoms with van der Waals surface area (Å²) in [6.07, 6.45) is 0. The molecule has 0 saturated heterocycles. The highest BCUT2D eigenvalue weighted by molar-refractivity contribution is 7.89. The Hall–Kier alpha value is -2.45. The molecule has 0 aliphatic carbocycles. The first-order chi connectivity index (χ1) is 12.7. The van der Waals surface area contributed by atoms with E-state index in [0.717, 1.165) is 0 Å². The van der Waals surface area contributed by atoms with Crippen molar-refractivity contribution in [2.45, 2.75) is 25.7 Å². The van der Waals surface area contributed by atoms with Crippen LogP contribution in [-0.2, 0) is 14.8 Å². The van der Waals surface area contributed by atoms with E-state index in [2.05, 4.69) is 4.72 Å². The number of hydrogen-bond acceptors (Lipinski definition) is 4. The quantitative estimate of drug-likeness (QED) is 0.784. The zero-order valence-electron chi connectivity index (χ0n) is 15.7. The SMILES string of the molecule is COc1cc(C)c(S(=O)(=O)NCCN(C(C)=O)c2ccccc2F)cc1C. The molecule has 0 aliphatic heterocycles. The van der Waals surface area contributed by atoms with E-state index in [1.54, 1.807) is 26.0 Å². The highest BCUT2D eigenvalue weighted by Crippen LogP contribution is 2.25. The lowest BCUT2D eigenvalue weighted by Gasteiger charge is -2.22. The number of para-hydroxylation sites is 1. The molecular formula is C19H23FN2O4S. The fraction of sp³-hybridized carbons (Fsp3) is 0.316. The summed E-state index contributed by atoms with van der Waals surface area (Å²) in [6, 6.07) is 9.05. The van der Waals surface area contributed by atoms with Gasteiger partial charge in [-0.05, 0) is 49.2 Å². The first kappa shape index (κ1) is 20.9. The van der Waals surface area contributed by atoms with Gasteiger partial charge in [-0.15, -0.1) is 0 Å². The number of ether oxygens (including phenoxy) is 1. The zero-order chi connectivity index (χ0) is 20.2. The van der Waals surface area contributed by atoms with Gasteiger partial charge in [0.05, 0.1) is 17.7 Å². The number of sulfonamides is 1. The van der Waals surface area contributed by atoms with Gasteiger partial charge in [-0.25, -0.2) is 17.5 Å². The molecule has 0 aromatic heterocycles. The second kappa shape index (κ2) is 8.49. The number of hydrogen-bond donors (Lipinski definition) is 1. The van der Waals surface area contributed by atoms with E-state index in [1.165, 1.54) is 43.2 Å². The van der Waals surface area contributed by atoms with Crippen LogP contribution in [0.15, 0.2) is 41.3 Å². The molecule has 2 aromatic rings. The summed E-state index contributed by atoms with van der Waals surface area (Å²) in [5, 5.41) is 0. The van der Waals surface area contributed by atoms with Crippen LogP contribution >= 0.6 is 0 Å². The van der Waals surface area contributed by atoms with Crippen molar-refractivity contribution in [3.63, 3.8) is 0 Å². The molecule has 8 heteroatoms. The van der Waals surface area contributed by atoms with E-state index in [-0.39, 0.29) is 29.6 Å². The predicted molar refractivity (Wildman–Crippen MR) is 102 cm³/mol. The monoisotopic (exact) mass is 394 g/mol. The number of amides is 1. The smallest absolute Gasteiger partial charge is 0.240 e. The molecule has 0 bridgehead atoms. The first-order valence-corrected chi connectivity index (χ1v) is 9.83. The van der Waals surface area contributed by atoms with Crippen molar-refractivity contribution >= 4 is 21.6 Å². The predicted octanol–water partition coefficient (Wildman–Crippen LogP) is 2.78. The third-order valence-electron chi connectivity index (χ3n) is 4.13. The van der Waals surface area contributed by atoms with E-state index >= 15 is 0 Å². The molecule has 0 unspecified atom stereocenters. The Balaban J connectivity index is 2.16. The van der Waals surface area contributed by atoms with Gasteiger partial charge in [0.2, 0.25) is 15.9 Å². The lowest BCUT2D eigenvalue weighted by molar-refractivity contribution is -0.116. The van der Waals surface area contributed by atoms with Gasteiger partial charge >= 0.3 is 0 Å². The van der Waals surface area contributed by atoms with E-state index in [1.807, 2.05) is 0 Å². The lowest BCUT2D eigenvalue weighted by atomic mass is 10.1. The zero-order valence-corrected chi connectivity index (χ0v) is 16.6.